The Kier molecular flexibility index (Phi) is 5.48. The number of hydrogen-bond donors (Lipinski definition) is 2. The number of carbonyl (C=O) groups excluding carboxylic acids is 1. The summed E-state index contributed by atoms with van der Waals surface area (Å²) in [7, 11) is 2.15. The van der Waals surface area contributed by atoms with Crippen LogP contribution in [-0.4, -0.2) is 65.5 Å². The highest BCUT2D eigenvalue weighted by atomic mass is 16.1. The van der Waals surface area contributed by atoms with Gasteiger partial charge < -0.3 is 20.4 Å². The Morgan fingerprint density at radius 3 is 2.69 bits per heavy atom. The maximum absolute atomic E-state index is 12.4. The summed E-state index contributed by atoms with van der Waals surface area (Å²) in [5.74, 6) is 1.56. The maximum Gasteiger partial charge on any atom is 0.251 e. The summed E-state index contributed by atoms with van der Waals surface area (Å²) in [4.78, 5) is 31.0. The van der Waals surface area contributed by atoms with Crippen molar-refractivity contribution >= 4 is 28.9 Å². The molecule has 4 heterocycles. The Balaban J connectivity index is 1.22. The molecule has 2 aliphatic heterocycles. The molecule has 3 aliphatic rings. The summed E-state index contributed by atoms with van der Waals surface area (Å²) in [6.07, 6.45) is 6.70. The fourth-order valence-electron chi connectivity index (χ4n) is 5.24. The van der Waals surface area contributed by atoms with Gasteiger partial charge in [0, 0.05) is 79.8 Å². The highest BCUT2D eigenvalue weighted by Crippen LogP contribution is 2.36. The summed E-state index contributed by atoms with van der Waals surface area (Å²) in [6.45, 7) is 9.00. The van der Waals surface area contributed by atoms with Crippen LogP contribution in [0.4, 0.5) is 17.5 Å². The van der Waals surface area contributed by atoms with Crippen LogP contribution in [0.3, 0.4) is 0 Å². The van der Waals surface area contributed by atoms with Crippen molar-refractivity contribution in [2.75, 3.05) is 50.0 Å². The average molecular weight is 482 g/mol. The third kappa shape index (κ3) is 4.11. The Hall–Kier alpha value is -3.78. The molecular weight excluding hydrogens is 450 g/mol. The number of rotatable bonds is 4. The molecule has 184 valence electrons. The van der Waals surface area contributed by atoms with E-state index < -0.39 is 0 Å². The van der Waals surface area contributed by atoms with Gasteiger partial charge in [-0.3, -0.25) is 4.79 Å². The van der Waals surface area contributed by atoms with Crippen LogP contribution in [0.25, 0.3) is 5.57 Å². The molecule has 1 aliphatic carbocycles. The largest absolute Gasteiger partial charge is 0.354 e. The Labute approximate surface area is 211 Å². The second-order valence-corrected chi connectivity index (χ2v) is 10.5. The van der Waals surface area contributed by atoms with Gasteiger partial charge in [-0.25, -0.2) is 15.0 Å². The quantitative estimate of drug-likeness (QED) is 0.591. The van der Waals surface area contributed by atoms with Crippen molar-refractivity contribution in [3.63, 3.8) is 0 Å². The van der Waals surface area contributed by atoms with Gasteiger partial charge in [0.15, 0.2) is 0 Å². The van der Waals surface area contributed by atoms with Gasteiger partial charge in [0.25, 0.3) is 5.91 Å². The first-order valence-electron chi connectivity index (χ1n) is 12.5. The lowest BCUT2D eigenvalue weighted by Crippen LogP contribution is -2.44. The summed E-state index contributed by atoms with van der Waals surface area (Å²) in [6, 6.07) is 10.2. The van der Waals surface area contributed by atoms with Crippen LogP contribution < -0.4 is 15.5 Å². The molecule has 8 nitrogen and oxygen atoms in total. The van der Waals surface area contributed by atoms with Crippen LogP contribution in [0.2, 0.25) is 0 Å². The number of nitrogens with one attached hydrogen (secondary N) is 2. The molecule has 0 atom stereocenters. The van der Waals surface area contributed by atoms with Crippen LogP contribution in [0, 0.1) is 0 Å². The number of likely N-dealkylation sites (N-methyl/N-ethyl adjacent to an activating group) is 1. The number of anilines is 3. The number of aromatic nitrogens is 3. The summed E-state index contributed by atoms with van der Waals surface area (Å²) in [5.41, 5.74) is 6.95. The van der Waals surface area contributed by atoms with E-state index in [4.69, 9.17) is 4.98 Å². The van der Waals surface area contributed by atoms with E-state index in [1.165, 1.54) is 0 Å². The lowest BCUT2D eigenvalue weighted by Gasteiger charge is -2.33. The molecule has 8 heteroatoms. The molecule has 2 aromatic heterocycles. The lowest BCUT2D eigenvalue weighted by molar-refractivity contribution is 0.0930. The topological polar surface area (TPSA) is 86.3 Å². The molecule has 0 radical (unpaired) electrons. The van der Waals surface area contributed by atoms with Crippen molar-refractivity contribution in [3.05, 3.63) is 76.7 Å². The fraction of sp³-hybridized carbons (Fsp3) is 0.357. The predicted octanol–water partition coefficient (Wildman–Crippen LogP) is 3.38. The van der Waals surface area contributed by atoms with E-state index in [1.54, 1.807) is 0 Å². The van der Waals surface area contributed by atoms with Crippen molar-refractivity contribution < 1.29 is 4.79 Å². The second kappa shape index (κ2) is 8.71. The van der Waals surface area contributed by atoms with E-state index in [-0.39, 0.29) is 11.3 Å². The van der Waals surface area contributed by atoms with Gasteiger partial charge in [-0.2, -0.15) is 0 Å². The zero-order valence-corrected chi connectivity index (χ0v) is 21.0. The van der Waals surface area contributed by atoms with Crippen LogP contribution >= 0.6 is 0 Å². The number of pyridine rings is 1. The van der Waals surface area contributed by atoms with E-state index >= 15 is 0 Å². The molecular formula is C28H31N7O. The maximum atomic E-state index is 12.4. The van der Waals surface area contributed by atoms with Gasteiger partial charge in [-0.1, -0.05) is 26.0 Å². The van der Waals surface area contributed by atoms with Gasteiger partial charge in [0.2, 0.25) is 5.95 Å². The van der Waals surface area contributed by atoms with Gasteiger partial charge in [-0.15, -0.1) is 0 Å². The fourth-order valence-corrected chi connectivity index (χ4v) is 5.24. The minimum Gasteiger partial charge on any atom is -0.354 e. The smallest absolute Gasteiger partial charge is 0.251 e. The number of benzene rings is 1. The number of piperazine rings is 1. The third-order valence-electron chi connectivity index (χ3n) is 7.48. The van der Waals surface area contributed by atoms with E-state index in [0.717, 1.165) is 77.6 Å². The molecule has 6 rings (SSSR count). The number of hydrogen-bond acceptors (Lipinski definition) is 7. The van der Waals surface area contributed by atoms with Crippen LogP contribution in [0.15, 0.2) is 48.8 Å². The molecule has 1 saturated heterocycles. The second-order valence-electron chi connectivity index (χ2n) is 10.5. The van der Waals surface area contributed by atoms with Gasteiger partial charge in [0.1, 0.15) is 5.82 Å². The zero-order chi connectivity index (χ0) is 24.9. The van der Waals surface area contributed by atoms with Crippen LogP contribution in [0.5, 0.6) is 0 Å². The first-order valence-corrected chi connectivity index (χ1v) is 12.5. The van der Waals surface area contributed by atoms with Crippen LogP contribution in [-0.2, 0) is 11.8 Å². The molecule has 2 N–H and O–H groups in total. The number of amides is 1. The molecule has 1 fully saturated rings. The van der Waals surface area contributed by atoms with Gasteiger partial charge in [0.05, 0.1) is 5.69 Å². The van der Waals surface area contributed by atoms with Crippen molar-refractivity contribution in [2.45, 2.75) is 25.7 Å². The molecule has 0 bridgehead atoms. The predicted molar refractivity (Wildman–Crippen MR) is 142 cm³/mol. The third-order valence-corrected chi connectivity index (χ3v) is 7.48. The molecule has 3 aromatic rings. The first kappa shape index (κ1) is 22.7. The number of nitrogens with zero attached hydrogens (tertiary/aromatic N) is 5. The highest BCUT2D eigenvalue weighted by Gasteiger charge is 2.32. The van der Waals surface area contributed by atoms with Crippen molar-refractivity contribution in [1.82, 2.24) is 25.2 Å². The SMILES string of the molecule is CN1CCN(c2cc(Nc3ncc4c(n3)CC=C4c3ccc4c(c3)C(C)(C)CNC4=O)ccn2)CC1. The Morgan fingerprint density at radius 2 is 1.86 bits per heavy atom. The van der Waals surface area contributed by atoms with Crippen molar-refractivity contribution in [3.8, 4) is 0 Å². The summed E-state index contributed by atoms with van der Waals surface area (Å²) < 4.78 is 0. The van der Waals surface area contributed by atoms with E-state index in [2.05, 4.69) is 69.5 Å². The number of carbonyl (C=O) groups is 1. The summed E-state index contributed by atoms with van der Waals surface area (Å²) >= 11 is 0. The van der Waals surface area contributed by atoms with Crippen molar-refractivity contribution in [2.24, 2.45) is 0 Å². The normalized spacial score (nSPS) is 18.8. The average Bonchev–Trinajstić information content (AvgIpc) is 3.30. The highest BCUT2D eigenvalue weighted by molar-refractivity contribution is 5.98. The summed E-state index contributed by atoms with van der Waals surface area (Å²) in [5, 5.41) is 6.36. The molecule has 1 aromatic carbocycles. The van der Waals surface area contributed by atoms with Gasteiger partial charge in [-0.05, 0) is 41.9 Å². The van der Waals surface area contributed by atoms with Crippen LogP contribution in [0.1, 0.15) is 46.6 Å². The minimum atomic E-state index is -0.112. The molecule has 36 heavy (non-hydrogen) atoms. The number of fused-ring (bicyclic) bond motifs is 2. The molecule has 1 amide bonds. The van der Waals surface area contributed by atoms with E-state index in [1.807, 2.05) is 30.6 Å². The van der Waals surface area contributed by atoms with Gasteiger partial charge >= 0.3 is 0 Å². The lowest BCUT2D eigenvalue weighted by atomic mass is 9.77. The minimum absolute atomic E-state index is 0.00242. The van der Waals surface area contributed by atoms with Crippen molar-refractivity contribution in [1.29, 1.82) is 0 Å². The standard InChI is InChI=1S/C28H31N7O/c1-28(2)17-31-26(36)21-5-4-18(14-23(21)28)20-6-7-24-22(20)16-30-27(33-24)32-19-8-9-29-25(15-19)35-12-10-34(3)11-13-35/h4-6,8-9,14-16H,7,10-13,17H2,1-3H3,(H,31,36)(H,29,30,32,33). The molecule has 0 saturated carbocycles. The molecule has 0 unspecified atom stereocenters. The van der Waals surface area contributed by atoms with E-state index in [0.29, 0.717) is 12.5 Å². The molecule has 0 spiro atoms. The Bertz CT molecular complexity index is 1370. The van der Waals surface area contributed by atoms with E-state index in [9.17, 15) is 4.79 Å². The Morgan fingerprint density at radius 1 is 1.03 bits per heavy atom. The first-order chi connectivity index (χ1) is 17.4. The number of allylic oxidation sites excluding steroid dienone is 1. The monoisotopic (exact) mass is 481 g/mol. The zero-order valence-electron chi connectivity index (χ0n) is 21.0.